The molecule has 2 rings (SSSR count). The molecule has 0 fully saturated rings. The fourth-order valence-electron chi connectivity index (χ4n) is 1.34. The third kappa shape index (κ3) is 1.83. The molecule has 0 amide bonds. The van der Waals surface area contributed by atoms with Crippen molar-refractivity contribution in [2.75, 3.05) is 6.54 Å². The van der Waals surface area contributed by atoms with Crippen LogP contribution in [0.25, 0.3) is 0 Å². The van der Waals surface area contributed by atoms with Gasteiger partial charge in [-0.25, -0.2) is 0 Å². The maximum atomic E-state index is 12.4. The average Bonchev–Trinajstić information content (AvgIpc) is 2.48. The standard InChI is InChI=1S/C6H7F3N4.ClH/c7-6(8,9)4-5-12-11-3-13(5)2-1-10-4;/h3-4,10H,1-2H2;1H. The summed E-state index contributed by atoms with van der Waals surface area (Å²) in [6.07, 6.45) is -2.99. The second kappa shape index (κ2) is 3.74. The molecule has 1 aliphatic heterocycles. The first-order valence-electron chi connectivity index (χ1n) is 3.77. The number of hydrogen-bond acceptors (Lipinski definition) is 3. The summed E-state index contributed by atoms with van der Waals surface area (Å²) in [5.74, 6) is -0.0567. The van der Waals surface area contributed by atoms with Gasteiger partial charge in [0.2, 0.25) is 0 Å². The van der Waals surface area contributed by atoms with Gasteiger partial charge in [-0.3, -0.25) is 5.32 Å². The van der Waals surface area contributed by atoms with Crippen LogP contribution in [-0.2, 0) is 6.54 Å². The Bertz CT molecular complexity index is 310. The molecule has 14 heavy (non-hydrogen) atoms. The summed E-state index contributed by atoms with van der Waals surface area (Å²) in [6, 6.07) is -1.68. The highest BCUT2D eigenvalue weighted by Crippen LogP contribution is 2.32. The minimum absolute atomic E-state index is 0. The number of rotatable bonds is 0. The van der Waals surface area contributed by atoms with E-state index in [2.05, 4.69) is 15.5 Å². The van der Waals surface area contributed by atoms with Gasteiger partial charge in [-0.15, -0.1) is 22.6 Å². The molecule has 8 heteroatoms. The SMILES string of the molecule is Cl.FC(F)(F)C1NCCn2cnnc21. The second-order valence-corrected chi connectivity index (χ2v) is 2.81. The van der Waals surface area contributed by atoms with Crippen molar-refractivity contribution in [3.63, 3.8) is 0 Å². The van der Waals surface area contributed by atoms with E-state index in [9.17, 15) is 13.2 Å². The predicted octanol–water partition coefficient (Wildman–Crippen LogP) is 0.907. The Balaban J connectivity index is 0.000000980. The van der Waals surface area contributed by atoms with Gasteiger partial charge in [-0.2, -0.15) is 13.2 Å². The zero-order chi connectivity index (χ0) is 9.47. The van der Waals surface area contributed by atoms with E-state index in [1.165, 1.54) is 10.9 Å². The van der Waals surface area contributed by atoms with Crippen LogP contribution in [0.1, 0.15) is 11.9 Å². The zero-order valence-electron chi connectivity index (χ0n) is 6.95. The number of fused-ring (bicyclic) bond motifs is 1. The summed E-state index contributed by atoms with van der Waals surface area (Å²) < 4.78 is 38.5. The van der Waals surface area contributed by atoms with E-state index in [1.54, 1.807) is 0 Å². The molecule has 1 atom stereocenters. The van der Waals surface area contributed by atoms with Gasteiger partial charge in [0.1, 0.15) is 6.33 Å². The smallest absolute Gasteiger partial charge is 0.315 e. The lowest BCUT2D eigenvalue weighted by atomic mass is 10.2. The molecule has 1 aliphatic rings. The van der Waals surface area contributed by atoms with Crippen LogP contribution in [0.5, 0.6) is 0 Å². The number of hydrogen-bond donors (Lipinski definition) is 1. The van der Waals surface area contributed by atoms with Crippen molar-refractivity contribution in [3.8, 4) is 0 Å². The number of aromatic nitrogens is 3. The van der Waals surface area contributed by atoms with E-state index in [1.807, 2.05) is 0 Å². The van der Waals surface area contributed by atoms with Crippen molar-refractivity contribution in [1.29, 1.82) is 0 Å². The number of nitrogens with one attached hydrogen (secondary N) is 1. The van der Waals surface area contributed by atoms with Crippen molar-refractivity contribution < 1.29 is 13.2 Å². The molecule has 0 saturated heterocycles. The van der Waals surface area contributed by atoms with Crippen LogP contribution >= 0.6 is 12.4 Å². The van der Waals surface area contributed by atoms with Gasteiger partial charge >= 0.3 is 6.18 Å². The van der Waals surface area contributed by atoms with Gasteiger partial charge in [0.25, 0.3) is 0 Å². The number of alkyl halides is 3. The molecule has 1 N–H and O–H groups in total. The van der Waals surface area contributed by atoms with E-state index in [0.29, 0.717) is 6.54 Å². The summed E-state index contributed by atoms with van der Waals surface area (Å²) in [7, 11) is 0. The lowest BCUT2D eigenvalue weighted by Crippen LogP contribution is -2.41. The zero-order valence-corrected chi connectivity index (χ0v) is 7.77. The Morgan fingerprint density at radius 1 is 1.50 bits per heavy atom. The molecule has 0 bridgehead atoms. The highest BCUT2D eigenvalue weighted by Gasteiger charge is 2.44. The van der Waals surface area contributed by atoms with Gasteiger partial charge in [0.05, 0.1) is 0 Å². The molecule has 0 aliphatic carbocycles. The van der Waals surface area contributed by atoms with Gasteiger partial charge in [-0.05, 0) is 0 Å². The highest BCUT2D eigenvalue weighted by molar-refractivity contribution is 5.85. The molecule has 1 aromatic heterocycles. The largest absolute Gasteiger partial charge is 0.411 e. The first-order chi connectivity index (χ1) is 6.09. The van der Waals surface area contributed by atoms with E-state index in [0.717, 1.165) is 0 Å². The topological polar surface area (TPSA) is 42.7 Å². The second-order valence-electron chi connectivity index (χ2n) is 2.81. The monoisotopic (exact) mass is 228 g/mol. The fourth-order valence-corrected chi connectivity index (χ4v) is 1.34. The molecular formula is C6H8ClF3N4. The van der Waals surface area contributed by atoms with E-state index in [4.69, 9.17) is 0 Å². The summed E-state index contributed by atoms with van der Waals surface area (Å²) in [6.45, 7) is 0.768. The van der Waals surface area contributed by atoms with Gasteiger partial charge in [0.15, 0.2) is 11.9 Å². The Hall–Kier alpha value is -0.820. The molecule has 2 heterocycles. The normalized spacial score (nSPS) is 21.2. The molecule has 0 aromatic carbocycles. The minimum atomic E-state index is -4.30. The first kappa shape index (κ1) is 11.3. The van der Waals surface area contributed by atoms with Crippen LogP contribution in [-0.4, -0.2) is 27.5 Å². The number of nitrogens with zero attached hydrogens (tertiary/aromatic N) is 3. The fraction of sp³-hybridized carbons (Fsp3) is 0.667. The van der Waals surface area contributed by atoms with Crippen molar-refractivity contribution in [1.82, 2.24) is 20.1 Å². The van der Waals surface area contributed by atoms with Gasteiger partial charge in [-0.1, -0.05) is 0 Å². The Labute approximate surface area is 83.9 Å². The van der Waals surface area contributed by atoms with Crippen LogP contribution < -0.4 is 5.32 Å². The van der Waals surface area contributed by atoms with Gasteiger partial charge < -0.3 is 4.57 Å². The lowest BCUT2D eigenvalue weighted by Gasteiger charge is -2.25. The van der Waals surface area contributed by atoms with Crippen molar-refractivity contribution in [2.45, 2.75) is 18.8 Å². The first-order valence-corrected chi connectivity index (χ1v) is 3.77. The van der Waals surface area contributed by atoms with Crippen LogP contribution in [0.4, 0.5) is 13.2 Å². The van der Waals surface area contributed by atoms with Crippen LogP contribution in [0.3, 0.4) is 0 Å². The molecule has 4 nitrogen and oxygen atoms in total. The highest BCUT2D eigenvalue weighted by atomic mass is 35.5. The molecule has 0 spiro atoms. The van der Waals surface area contributed by atoms with E-state index >= 15 is 0 Å². The third-order valence-electron chi connectivity index (χ3n) is 1.93. The van der Waals surface area contributed by atoms with Crippen LogP contribution in [0.15, 0.2) is 6.33 Å². The Morgan fingerprint density at radius 3 is 2.86 bits per heavy atom. The molecule has 1 aromatic rings. The number of halogens is 4. The summed E-state index contributed by atoms with van der Waals surface area (Å²) in [5, 5.41) is 9.23. The third-order valence-corrected chi connectivity index (χ3v) is 1.93. The van der Waals surface area contributed by atoms with Crippen LogP contribution in [0.2, 0.25) is 0 Å². The van der Waals surface area contributed by atoms with E-state index in [-0.39, 0.29) is 24.8 Å². The predicted molar refractivity (Wildman–Crippen MR) is 44.1 cm³/mol. The van der Waals surface area contributed by atoms with Gasteiger partial charge in [0, 0.05) is 13.1 Å². The summed E-state index contributed by atoms with van der Waals surface area (Å²) >= 11 is 0. The molecule has 0 saturated carbocycles. The maximum Gasteiger partial charge on any atom is 0.411 e. The average molecular weight is 229 g/mol. The van der Waals surface area contributed by atoms with E-state index < -0.39 is 12.2 Å². The van der Waals surface area contributed by atoms with Crippen molar-refractivity contribution in [3.05, 3.63) is 12.2 Å². The summed E-state index contributed by atoms with van der Waals surface area (Å²) in [4.78, 5) is 0. The quantitative estimate of drug-likeness (QED) is 0.718. The van der Waals surface area contributed by atoms with Crippen LogP contribution in [0, 0.1) is 0 Å². The molecule has 1 unspecified atom stereocenters. The lowest BCUT2D eigenvalue weighted by molar-refractivity contribution is -0.162. The van der Waals surface area contributed by atoms with Crippen molar-refractivity contribution in [2.24, 2.45) is 0 Å². The van der Waals surface area contributed by atoms with Crippen molar-refractivity contribution >= 4 is 12.4 Å². The minimum Gasteiger partial charge on any atom is -0.315 e. The molecule has 0 radical (unpaired) electrons. The molecule has 80 valence electrons. The Kier molecular flexibility index (Phi) is 3.01. The summed E-state index contributed by atoms with van der Waals surface area (Å²) in [5.41, 5.74) is 0. The maximum absolute atomic E-state index is 12.4. The molecular weight excluding hydrogens is 221 g/mol. The Morgan fingerprint density at radius 2 is 2.21 bits per heavy atom.